The fraction of sp³-hybridized carbons (Fsp3) is 0.500. The minimum atomic E-state index is -0.723. The van der Waals surface area contributed by atoms with E-state index < -0.39 is 12.0 Å². The van der Waals surface area contributed by atoms with Crippen LogP contribution < -0.4 is 11.1 Å². The first-order valence-corrected chi connectivity index (χ1v) is 5.22. The molecule has 0 aliphatic carbocycles. The lowest BCUT2D eigenvalue weighted by Crippen LogP contribution is -2.43. The summed E-state index contributed by atoms with van der Waals surface area (Å²) in [7, 11) is 1.28. The quantitative estimate of drug-likeness (QED) is 0.550. The summed E-state index contributed by atoms with van der Waals surface area (Å²) in [5, 5.41) is 2.57. The summed E-state index contributed by atoms with van der Waals surface area (Å²) in [4.78, 5) is 29.5. The highest BCUT2D eigenvalue weighted by Gasteiger charge is 2.22. The smallest absolute Gasteiger partial charge is 0.328 e. The summed E-state index contributed by atoms with van der Waals surface area (Å²) >= 11 is 0. The molecule has 1 atom stereocenters. The van der Waals surface area contributed by atoms with E-state index in [2.05, 4.69) is 20.0 Å². The van der Waals surface area contributed by atoms with Crippen LogP contribution in [0.15, 0.2) is 12.5 Å². The topological polar surface area (TPSA) is 110 Å². The van der Waals surface area contributed by atoms with Crippen LogP contribution in [0.2, 0.25) is 0 Å². The fourth-order valence-corrected chi connectivity index (χ4v) is 1.35. The summed E-state index contributed by atoms with van der Waals surface area (Å²) in [5.41, 5.74) is 6.00. The number of esters is 1. The van der Waals surface area contributed by atoms with Gasteiger partial charge < -0.3 is 20.8 Å². The Morgan fingerprint density at radius 2 is 2.41 bits per heavy atom. The summed E-state index contributed by atoms with van der Waals surface area (Å²) in [6, 6.07) is -0.723. The number of carbonyl (C=O) groups is 2. The normalized spacial score (nSPS) is 11.9. The molecular weight excluding hydrogens is 224 g/mol. The van der Waals surface area contributed by atoms with E-state index in [1.54, 1.807) is 6.20 Å². The number of H-pyrrole nitrogens is 1. The van der Waals surface area contributed by atoms with Crippen molar-refractivity contribution in [2.75, 3.05) is 13.7 Å². The van der Waals surface area contributed by atoms with Crippen LogP contribution in [0.1, 0.15) is 12.1 Å². The number of rotatable bonds is 6. The Balaban J connectivity index is 2.60. The molecule has 0 bridgehead atoms. The lowest BCUT2D eigenvalue weighted by atomic mass is 10.1. The number of hydrogen-bond donors (Lipinski definition) is 3. The molecule has 0 aliphatic heterocycles. The maximum Gasteiger partial charge on any atom is 0.328 e. The molecule has 7 heteroatoms. The van der Waals surface area contributed by atoms with Gasteiger partial charge >= 0.3 is 5.97 Å². The van der Waals surface area contributed by atoms with Crippen molar-refractivity contribution >= 4 is 11.9 Å². The molecule has 0 spiro atoms. The van der Waals surface area contributed by atoms with Gasteiger partial charge in [0.15, 0.2) is 0 Å². The van der Waals surface area contributed by atoms with Gasteiger partial charge in [0, 0.05) is 31.3 Å². The maximum absolute atomic E-state index is 11.5. The van der Waals surface area contributed by atoms with Crippen LogP contribution in [0.4, 0.5) is 0 Å². The number of amides is 1. The third-order valence-electron chi connectivity index (χ3n) is 2.17. The summed E-state index contributed by atoms with van der Waals surface area (Å²) in [6.45, 7) is 0.240. The van der Waals surface area contributed by atoms with Gasteiger partial charge in [0.1, 0.15) is 6.04 Å². The van der Waals surface area contributed by atoms with E-state index in [9.17, 15) is 9.59 Å². The Labute approximate surface area is 98.7 Å². The molecule has 7 nitrogen and oxygen atoms in total. The first-order chi connectivity index (χ1) is 8.17. The molecule has 0 aromatic carbocycles. The number of imidazole rings is 1. The minimum absolute atomic E-state index is 0.177. The van der Waals surface area contributed by atoms with Crippen LogP contribution in [-0.2, 0) is 20.7 Å². The molecule has 0 unspecified atom stereocenters. The van der Waals surface area contributed by atoms with E-state index in [0.717, 1.165) is 5.69 Å². The third kappa shape index (κ3) is 4.23. The monoisotopic (exact) mass is 240 g/mol. The van der Waals surface area contributed by atoms with Gasteiger partial charge in [-0.05, 0) is 0 Å². The predicted octanol–water partition coefficient (Wildman–Crippen LogP) is -1.04. The molecular formula is C10H16N4O3. The lowest BCUT2D eigenvalue weighted by molar-refractivity contribution is -0.145. The van der Waals surface area contributed by atoms with Gasteiger partial charge in [0.2, 0.25) is 5.91 Å². The molecule has 0 fully saturated rings. The zero-order valence-corrected chi connectivity index (χ0v) is 9.60. The number of nitrogens with zero attached hydrogens (tertiary/aromatic N) is 1. The number of methoxy groups -OCH3 is 1. The van der Waals surface area contributed by atoms with Crippen molar-refractivity contribution < 1.29 is 14.3 Å². The van der Waals surface area contributed by atoms with Crippen molar-refractivity contribution in [1.29, 1.82) is 0 Å². The maximum atomic E-state index is 11.5. The lowest BCUT2D eigenvalue weighted by Gasteiger charge is -2.15. The molecule has 1 rings (SSSR count). The van der Waals surface area contributed by atoms with Crippen LogP contribution in [0.25, 0.3) is 0 Å². The second-order valence-electron chi connectivity index (χ2n) is 3.46. The van der Waals surface area contributed by atoms with Crippen molar-refractivity contribution in [1.82, 2.24) is 15.3 Å². The van der Waals surface area contributed by atoms with E-state index in [1.165, 1.54) is 13.4 Å². The molecule has 1 amide bonds. The van der Waals surface area contributed by atoms with E-state index in [0.29, 0.717) is 6.42 Å². The third-order valence-corrected chi connectivity index (χ3v) is 2.17. The van der Waals surface area contributed by atoms with Gasteiger partial charge in [-0.2, -0.15) is 0 Å². The Hall–Kier alpha value is -1.89. The summed E-state index contributed by atoms with van der Waals surface area (Å²) < 4.78 is 4.62. The Bertz CT molecular complexity index is 364. The predicted molar refractivity (Wildman–Crippen MR) is 59.9 cm³/mol. The first-order valence-electron chi connectivity index (χ1n) is 5.22. The van der Waals surface area contributed by atoms with Gasteiger partial charge in [-0.25, -0.2) is 9.78 Å². The standard InChI is InChI=1S/C10H16N4O3/c1-17-10(16)8(14-9(15)2-3-11)4-7-5-12-6-13-7/h5-6,8H,2-4,11H2,1H3,(H,12,13)(H,14,15)/t8-/m1/s1. The van der Waals surface area contributed by atoms with Crippen LogP contribution in [0, 0.1) is 0 Å². The first kappa shape index (κ1) is 13.2. The number of hydrogen-bond acceptors (Lipinski definition) is 5. The zero-order chi connectivity index (χ0) is 12.7. The van der Waals surface area contributed by atoms with E-state index >= 15 is 0 Å². The van der Waals surface area contributed by atoms with Crippen molar-refractivity contribution in [2.24, 2.45) is 5.73 Å². The van der Waals surface area contributed by atoms with E-state index in [1.807, 2.05) is 0 Å². The Kier molecular flexibility index (Phi) is 5.15. The molecule has 1 aromatic heterocycles. The molecule has 1 aromatic rings. The zero-order valence-electron chi connectivity index (χ0n) is 9.60. The minimum Gasteiger partial charge on any atom is -0.467 e. The van der Waals surface area contributed by atoms with Crippen LogP contribution in [0.3, 0.4) is 0 Å². The van der Waals surface area contributed by atoms with E-state index in [4.69, 9.17) is 5.73 Å². The molecule has 17 heavy (non-hydrogen) atoms. The number of aromatic amines is 1. The van der Waals surface area contributed by atoms with Gasteiger partial charge in [-0.1, -0.05) is 0 Å². The summed E-state index contributed by atoms with van der Waals surface area (Å²) in [6.07, 6.45) is 3.58. The van der Waals surface area contributed by atoms with Gasteiger partial charge in [0.05, 0.1) is 13.4 Å². The molecule has 0 saturated carbocycles. The molecule has 0 aliphatic rings. The number of ether oxygens (including phenoxy) is 1. The Morgan fingerprint density at radius 1 is 1.65 bits per heavy atom. The number of carbonyl (C=O) groups excluding carboxylic acids is 2. The highest BCUT2D eigenvalue weighted by Crippen LogP contribution is 2.00. The van der Waals surface area contributed by atoms with Crippen LogP contribution >= 0.6 is 0 Å². The summed E-state index contributed by atoms with van der Waals surface area (Å²) in [5.74, 6) is -0.771. The number of nitrogens with one attached hydrogen (secondary N) is 2. The highest BCUT2D eigenvalue weighted by molar-refractivity contribution is 5.84. The van der Waals surface area contributed by atoms with Crippen LogP contribution in [0.5, 0.6) is 0 Å². The SMILES string of the molecule is COC(=O)[C@@H](Cc1cnc[nH]1)NC(=O)CCN. The van der Waals surface area contributed by atoms with Gasteiger partial charge in [-0.15, -0.1) is 0 Å². The Morgan fingerprint density at radius 3 is 2.94 bits per heavy atom. The number of nitrogens with two attached hydrogens (primary N) is 1. The van der Waals surface area contributed by atoms with Crippen molar-refractivity contribution in [3.63, 3.8) is 0 Å². The van der Waals surface area contributed by atoms with E-state index in [-0.39, 0.29) is 18.9 Å². The second-order valence-corrected chi connectivity index (χ2v) is 3.46. The average molecular weight is 240 g/mol. The molecule has 0 saturated heterocycles. The van der Waals surface area contributed by atoms with Gasteiger partial charge in [0.25, 0.3) is 0 Å². The van der Waals surface area contributed by atoms with Crippen LogP contribution in [-0.4, -0.2) is 41.5 Å². The molecule has 94 valence electrons. The van der Waals surface area contributed by atoms with Gasteiger partial charge in [-0.3, -0.25) is 4.79 Å². The second kappa shape index (κ2) is 6.64. The highest BCUT2D eigenvalue weighted by atomic mass is 16.5. The van der Waals surface area contributed by atoms with Crippen molar-refractivity contribution in [2.45, 2.75) is 18.9 Å². The molecule has 1 heterocycles. The van der Waals surface area contributed by atoms with Crippen molar-refractivity contribution in [3.8, 4) is 0 Å². The fourth-order valence-electron chi connectivity index (χ4n) is 1.35. The molecule has 0 radical (unpaired) electrons. The number of aromatic nitrogens is 2. The average Bonchev–Trinajstić information content (AvgIpc) is 2.80. The van der Waals surface area contributed by atoms with Crippen molar-refractivity contribution in [3.05, 3.63) is 18.2 Å². The largest absolute Gasteiger partial charge is 0.467 e. The molecule has 4 N–H and O–H groups in total.